The number of imidazole rings is 2. The van der Waals surface area contributed by atoms with Crippen LogP contribution in [0.1, 0.15) is 12.5 Å². The number of phosphoric ester groups is 2. The predicted octanol–water partition coefficient (Wildman–Crippen LogP) is -2.73. The first-order valence-electron chi connectivity index (χ1n) is 13.4. The molecule has 26 heteroatoms. The van der Waals surface area contributed by atoms with Crippen molar-refractivity contribution in [2.24, 2.45) is 0 Å². The van der Waals surface area contributed by atoms with E-state index in [9.17, 15) is 38.8 Å². The molecule has 2 aliphatic rings. The topological polar surface area (TPSA) is 350 Å². The van der Waals surface area contributed by atoms with Gasteiger partial charge < -0.3 is 50.6 Å². The summed E-state index contributed by atoms with van der Waals surface area (Å²) in [6.45, 7) is -1.64. The van der Waals surface area contributed by atoms with Crippen molar-refractivity contribution >= 4 is 49.7 Å². The molecule has 2 fully saturated rings. The molecule has 0 spiro atoms. The van der Waals surface area contributed by atoms with E-state index in [1.54, 1.807) is 0 Å². The molecular formula is C21H28N10O14P2. The number of H-pyrrole nitrogens is 1. The molecule has 2 aliphatic heterocycles. The Balaban J connectivity index is 1.20. The predicted molar refractivity (Wildman–Crippen MR) is 152 cm³/mol. The Hall–Kier alpha value is -3.48. The highest BCUT2D eigenvalue weighted by Crippen LogP contribution is 2.50. The SMILES string of the molecule is CO[C@H]1[C@@H](OP(=O)(O)OC[C@H]2O[C@@H](n3cnc4c(=O)[nH]c(N)nc43)[C@@H](O)C2O)[C@@H](COP(=O)(O)O)O[C@H]1n1cnc2c(N)ncnc21. The van der Waals surface area contributed by atoms with E-state index in [1.807, 2.05) is 0 Å². The van der Waals surface area contributed by atoms with Crippen LogP contribution in [0, 0.1) is 0 Å². The van der Waals surface area contributed by atoms with Crippen molar-refractivity contribution in [3.63, 3.8) is 0 Å². The number of aliphatic hydroxyl groups excluding tert-OH is 2. The highest BCUT2D eigenvalue weighted by Gasteiger charge is 2.52. The first-order chi connectivity index (χ1) is 22.2. The normalized spacial score (nSPS) is 29.6. The summed E-state index contributed by atoms with van der Waals surface area (Å²) in [5, 5.41) is 21.3. The third-order valence-corrected chi connectivity index (χ3v) is 8.82. The molecule has 10 N–H and O–H groups in total. The van der Waals surface area contributed by atoms with Gasteiger partial charge in [0.2, 0.25) is 5.95 Å². The van der Waals surface area contributed by atoms with Crippen LogP contribution < -0.4 is 17.0 Å². The van der Waals surface area contributed by atoms with E-state index in [2.05, 4.69) is 34.4 Å². The maximum absolute atomic E-state index is 13.2. The standard InChI is InChI=1S/C21H28N10O14P2/c1-40-14-13(8(3-41-46(35,36)37)44-20(14)30-5-26-9-15(22)24-4-25-16(9)30)45-47(38,39)42-2-7-11(32)12(33)19(43-7)31-6-27-10-17(31)28-21(23)29-18(10)34/h4-8,11-14,19-20,32-33H,2-3H2,1H3,(H,38,39)(H2,22,24,25)(H2,35,36,37)(H3,23,28,29,34)/t7-,8-,11?,12+,13+,14+,19-,20-/m1/s1. The van der Waals surface area contributed by atoms with Gasteiger partial charge in [-0.2, -0.15) is 4.98 Å². The zero-order valence-corrected chi connectivity index (χ0v) is 25.6. The van der Waals surface area contributed by atoms with Crippen molar-refractivity contribution in [2.45, 2.75) is 49.1 Å². The van der Waals surface area contributed by atoms with Crippen LogP contribution in [0.5, 0.6) is 0 Å². The summed E-state index contributed by atoms with van der Waals surface area (Å²) >= 11 is 0. The van der Waals surface area contributed by atoms with Gasteiger partial charge >= 0.3 is 15.6 Å². The van der Waals surface area contributed by atoms with Crippen LogP contribution in [0.4, 0.5) is 11.8 Å². The number of nitrogen functional groups attached to an aromatic ring is 2. The van der Waals surface area contributed by atoms with Crippen LogP contribution in [0.25, 0.3) is 22.3 Å². The van der Waals surface area contributed by atoms with Gasteiger partial charge in [0.25, 0.3) is 5.56 Å². The minimum absolute atomic E-state index is 0.0436. The molecule has 4 aromatic heterocycles. The van der Waals surface area contributed by atoms with E-state index in [0.29, 0.717) is 0 Å². The van der Waals surface area contributed by atoms with Crippen LogP contribution in [0.2, 0.25) is 0 Å². The molecule has 24 nitrogen and oxygen atoms in total. The van der Waals surface area contributed by atoms with Crippen LogP contribution in [0.15, 0.2) is 23.8 Å². The minimum atomic E-state index is -5.13. The molecule has 0 aliphatic carbocycles. The summed E-state index contributed by atoms with van der Waals surface area (Å²) in [6.07, 6.45) is -7.99. The monoisotopic (exact) mass is 706 g/mol. The lowest BCUT2D eigenvalue weighted by Gasteiger charge is -2.26. The molecule has 9 atom stereocenters. The van der Waals surface area contributed by atoms with Crippen LogP contribution in [-0.2, 0) is 36.9 Å². The Morgan fingerprint density at radius 3 is 2.26 bits per heavy atom. The molecule has 6 heterocycles. The molecular weight excluding hydrogens is 678 g/mol. The first-order valence-corrected chi connectivity index (χ1v) is 16.4. The number of nitrogens with zero attached hydrogens (tertiary/aromatic N) is 7. The second-order valence-electron chi connectivity index (χ2n) is 10.3. The fourth-order valence-electron chi connectivity index (χ4n) is 5.25. The molecule has 2 saturated heterocycles. The number of nitrogens with one attached hydrogen (secondary N) is 1. The van der Waals surface area contributed by atoms with Crippen LogP contribution in [-0.4, -0.2) is 121 Å². The van der Waals surface area contributed by atoms with E-state index < -0.39 is 83.5 Å². The van der Waals surface area contributed by atoms with Gasteiger partial charge in [-0.25, -0.2) is 29.1 Å². The number of aliphatic hydroxyl groups is 2. The van der Waals surface area contributed by atoms with Crippen molar-refractivity contribution in [3.8, 4) is 0 Å². The Morgan fingerprint density at radius 1 is 0.894 bits per heavy atom. The van der Waals surface area contributed by atoms with Crippen molar-refractivity contribution in [2.75, 3.05) is 31.8 Å². The zero-order chi connectivity index (χ0) is 33.8. The number of anilines is 2. The van der Waals surface area contributed by atoms with Gasteiger partial charge in [-0.1, -0.05) is 0 Å². The van der Waals surface area contributed by atoms with Gasteiger partial charge in [-0.05, 0) is 0 Å². The smallest absolute Gasteiger partial charge is 0.387 e. The quantitative estimate of drug-likeness (QED) is 0.0733. The van der Waals surface area contributed by atoms with E-state index in [1.165, 1.54) is 18.0 Å². The maximum atomic E-state index is 13.2. The van der Waals surface area contributed by atoms with E-state index in [-0.39, 0.29) is 34.1 Å². The first kappa shape index (κ1) is 33.4. The maximum Gasteiger partial charge on any atom is 0.472 e. The van der Waals surface area contributed by atoms with E-state index >= 15 is 0 Å². The fraction of sp³-hybridized carbons (Fsp3) is 0.524. The van der Waals surface area contributed by atoms with E-state index in [0.717, 1.165) is 17.2 Å². The molecule has 0 radical (unpaired) electrons. The van der Waals surface area contributed by atoms with Crippen molar-refractivity contribution in [1.82, 2.24) is 39.0 Å². The van der Waals surface area contributed by atoms with Gasteiger partial charge in [0.15, 0.2) is 35.1 Å². The number of nitrogens with two attached hydrogens (primary N) is 2. The lowest BCUT2D eigenvalue weighted by atomic mass is 10.1. The number of phosphoric acid groups is 2. The summed E-state index contributed by atoms with van der Waals surface area (Å²) in [5.41, 5.74) is 11.0. The van der Waals surface area contributed by atoms with E-state index in [4.69, 9.17) is 34.7 Å². The second-order valence-corrected chi connectivity index (χ2v) is 12.9. The Kier molecular flexibility index (Phi) is 8.90. The third-order valence-electron chi connectivity index (χ3n) is 7.34. The Labute approximate surface area is 261 Å². The number of fused-ring (bicyclic) bond motifs is 2. The van der Waals surface area contributed by atoms with Crippen molar-refractivity contribution in [1.29, 1.82) is 0 Å². The lowest BCUT2D eigenvalue weighted by molar-refractivity contribution is -0.0582. The van der Waals surface area contributed by atoms with Crippen LogP contribution in [0.3, 0.4) is 0 Å². The number of aromatic nitrogens is 8. The molecule has 2 unspecified atom stereocenters. The summed E-state index contributed by atoms with van der Waals surface area (Å²) in [5.74, 6) is -0.201. The average molecular weight is 706 g/mol. The number of methoxy groups -OCH3 is 1. The number of ether oxygens (including phenoxy) is 3. The highest BCUT2D eigenvalue weighted by atomic mass is 31.2. The molecule has 47 heavy (non-hydrogen) atoms. The molecule has 256 valence electrons. The molecule has 0 amide bonds. The number of rotatable bonds is 11. The molecule has 0 saturated carbocycles. The van der Waals surface area contributed by atoms with Gasteiger partial charge in [-0.15, -0.1) is 0 Å². The molecule has 6 rings (SSSR count). The lowest BCUT2D eigenvalue weighted by Crippen LogP contribution is -2.38. The third kappa shape index (κ3) is 6.51. The minimum Gasteiger partial charge on any atom is -0.387 e. The van der Waals surface area contributed by atoms with Crippen molar-refractivity contribution in [3.05, 3.63) is 29.3 Å². The fourth-order valence-corrected chi connectivity index (χ4v) is 6.55. The van der Waals surface area contributed by atoms with Gasteiger partial charge in [-0.3, -0.25) is 32.5 Å². The number of hydrogen-bond donors (Lipinski definition) is 8. The van der Waals surface area contributed by atoms with Crippen molar-refractivity contribution < 1.29 is 61.8 Å². The average Bonchev–Trinajstić information content (AvgIpc) is 3.75. The molecule has 0 aromatic carbocycles. The summed E-state index contributed by atoms with van der Waals surface area (Å²) in [4.78, 5) is 63.6. The zero-order valence-electron chi connectivity index (χ0n) is 23.9. The summed E-state index contributed by atoms with van der Waals surface area (Å²) < 4.78 is 59.3. The largest absolute Gasteiger partial charge is 0.472 e. The summed E-state index contributed by atoms with van der Waals surface area (Å²) in [6, 6.07) is 0. The highest BCUT2D eigenvalue weighted by molar-refractivity contribution is 7.47. The molecule has 0 bridgehead atoms. The Morgan fingerprint density at radius 2 is 1.55 bits per heavy atom. The number of hydrogen-bond acceptors (Lipinski definition) is 18. The number of aromatic amines is 1. The molecule has 4 aromatic rings. The second kappa shape index (κ2) is 12.5. The Bertz CT molecular complexity index is 1930. The van der Waals surface area contributed by atoms with Crippen LogP contribution >= 0.6 is 15.6 Å². The van der Waals surface area contributed by atoms with Gasteiger partial charge in [0.05, 0.1) is 25.9 Å². The van der Waals surface area contributed by atoms with Gasteiger partial charge in [0, 0.05) is 7.11 Å². The van der Waals surface area contributed by atoms with Gasteiger partial charge in [0.1, 0.15) is 48.5 Å². The summed E-state index contributed by atoms with van der Waals surface area (Å²) in [7, 11) is -8.95.